The van der Waals surface area contributed by atoms with E-state index in [0.29, 0.717) is 0 Å². The van der Waals surface area contributed by atoms with Gasteiger partial charge in [-0.1, -0.05) is 50.0 Å². The van der Waals surface area contributed by atoms with Crippen LogP contribution in [-0.4, -0.2) is 8.07 Å². The molecule has 0 fully saturated rings. The van der Waals surface area contributed by atoms with Gasteiger partial charge in [-0.3, -0.25) is 0 Å². The van der Waals surface area contributed by atoms with Gasteiger partial charge in [0.25, 0.3) is 0 Å². The summed E-state index contributed by atoms with van der Waals surface area (Å²) in [5, 5.41) is 1.90. The van der Waals surface area contributed by atoms with Crippen molar-refractivity contribution in [2.45, 2.75) is 26.1 Å². The molecule has 94 valence electrons. The third-order valence-electron chi connectivity index (χ3n) is 3.79. The molecule has 1 aromatic carbocycles. The topological polar surface area (TPSA) is 0 Å². The second-order valence-electron chi connectivity index (χ2n) is 6.24. The number of halogens is 1. The second kappa shape index (κ2) is 4.64. The summed E-state index contributed by atoms with van der Waals surface area (Å²) in [4.78, 5) is 0. The lowest BCUT2D eigenvalue weighted by Gasteiger charge is -2.22. The van der Waals surface area contributed by atoms with E-state index in [0.717, 1.165) is 11.8 Å². The standard InChI is InChI=1S/C16H20ISi/c1-18(2,3)16-13-10-9-12(11-13)15(16)17-14-7-5-4-6-8-14/h4-10,12-13H,11H2,1-3H3/q+1/t12-,13-/m0/s1. The maximum absolute atomic E-state index is 2.52. The molecule has 0 nitrogen and oxygen atoms in total. The van der Waals surface area contributed by atoms with Gasteiger partial charge in [-0.2, -0.15) is 0 Å². The quantitative estimate of drug-likeness (QED) is 0.429. The van der Waals surface area contributed by atoms with Crippen molar-refractivity contribution in [1.29, 1.82) is 0 Å². The van der Waals surface area contributed by atoms with Crippen LogP contribution in [0.3, 0.4) is 0 Å². The number of hydrogen-bond donors (Lipinski definition) is 0. The Labute approximate surface area is 121 Å². The van der Waals surface area contributed by atoms with Crippen LogP contribution in [0, 0.1) is 15.4 Å². The lowest BCUT2D eigenvalue weighted by Crippen LogP contribution is -3.61. The lowest BCUT2D eigenvalue weighted by molar-refractivity contribution is -0.581. The van der Waals surface area contributed by atoms with E-state index in [1.165, 1.54) is 6.42 Å². The van der Waals surface area contributed by atoms with Gasteiger partial charge < -0.3 is 0 Å². The van der Waals surface area contributed by atoms with Gasteiger partial charge in [0.15, 0.2) is 7.15 Å². The zero-order chi connectivity index (χ0) is 12.8. The highest BCUT2D eigenvalue weighted by molar-refractivity contribution is 6.83. The Balaban J connectivity index is 1.96. The largest absolute Gasteiger partial charge is 0.353 e. The van der Waals surface area contributed by atoms with Crippen molar-refractivity contribution in [2.75, 3.05) is 0 Å². The number of fused-ring (bicyclic) bond motifs is 2. The molecule has 0 saturated carbocycles. The van der Waals surface area contributed by atoms with E-state index in [1.54, 1.807) is 3.57 Å². The summed E-state index contributed by atoms with van der Waals surface area (Å²) in [6, 6.07) is 11.1. The number of rotatable bonds is 3. The van der Waals surface area contributed by atoms with E-state index in [-0.39, 0.29) is 21.2 Å². The maximum Gasteiger partial charge on any atom is 0.353 e. The number of benzene rings is 1. The minimum atomic E-state index is -1.14. The molecule has 0 aromatic heterocycles. The predicted molar refractivity (Wildman–Crippen MR) is 76.2 cm³/mol. The number of hydrogen-bond acceptors (Lipinski definition) is 0. The predicted octanol–water partition coefficient (Wildman–Crippen LogP) is 1.28. The third kappa shape index (κ3) is 2.25. The summed E-state index contributed by atoms with van der Waals surface area (Å²) >= 11 is 0.0640. The molecule has 0 N–H and O–H groups in total. The highest BCUT2D eigenvalue weighted by Crippen LogP contribution is 2.44. The van der Waals surface area contributed by atoms with Gasteiger partial charge >= 0.3 is 21.2 Å². The molecule has 0 spiro atoms. The van der Waals surface area contributed by atoms with E-state index in [9.17, 15) is 0 Å². The summed E-state index contributed by atoms with van der Waals surface area (Å²) in [5.41, 5.74) is 0. The summed E-state index contributed by atoms with van der Waals surface area (Å²) in [7, 11) is -1.14. The monoisotopic (exact) mass is 367 g/mol. The summed E-state index contributed by atoms with van der Waals surface area (Å²) < 4.78 is 3.45. The van der Waals surface area contributed by atoms with E-state index in [2.05, 4.69) is 62.1 Å². The van der Waals surface area contributed by atoms with E-state index < -0.39 is 8.07 Å². The second-order valence-corrected chi connectivity index (χ2v) is 14.2. The molecule has 0 radical (unpaired) electrons. The highest BCUT2D eigenvalue weighted by atomic mass is 127. The van der Waals surface area contributed by atoms with Crippen molar-refractivity contribution in [1.82, 2.24) is 0 Å². The molecule has 2 heteroatoms. The zero-order valence-electron chi connectivity index (χ0n) is 11.3. The van der Waals surface area contributed by atoms with Crippen molar-refractivity contribution in [3.63, 3.8) is 0 Å². The first-order chi connectivity index (χ1) is 8.55. The fraction of sp³-hybridized carbons (Fsp3) is 0.375. The van der Waals surface area contributed by atoms with Gasteiger partial charge in [-0.05, 0) is 29.7 Å². The van der Waals surface area contributed by atoms with Gasteiger partial charge in [0, 0.05) is 5.92 Å². The highest BCUT2D eigenvalue weighted by Gasteiger charge is 2.47. The van der Waals surface area contributed by atoms with Gasteiger partial charge in [0.05, 0.1) is 8.07 Å². The molecule has 2 aliphatic carbocycles. The molecular formula is C16H20ISi+. The molecule has 0 amide bonds. The Morgan fingerprint density at radius 3 is 2.33 bits per heavy atom. The molecular weight excluding hydrogens is 347 g/mol. The zero-order valence-corrected chi connectivity index (χ0v) is 14.4. The maximum atomic E-state index is 2.52. The Hall–Kier alpha value is -0.353. The molecule has 0 heterocycles. The SMILES string of the molecule is C[Si](C)(C)C1=C([I+]c2ccccc2)[C@H]2C=C[C@H]1C2. The molecule has 3 rings (SSSR count). The number of allylic oxidation sites excluding steroid dienone is 4. The third-order valence-corrected chi connectivity index (χ3v) is 9.86. The molecule has 2 aliphatic rings. The Morgan fingerprint density at radius 1 is 1.00 bits per heavy atom. The van der Waals surface area contributed by atoms with Crippen LogP contribution in [0.15, 0.2) is 51.3 Å². The molecule has 0 aliphatic heterocycles. The fourth-order valence-corrected chi connectivity index (χ4v) is 11.1. The molecule has 2 atom stereocenters. The first kappa shape index (κ1) is 12.7. The Morgan fingerprint density at radius 2 is 1.67 bits per heavy atom. The van der Waals surface area contributed by atoms with Crippen molar-refractivity contribution in [2.24, 2.45) is 11.8 Å². The Bertz CT molecular complexity index is 508. The first-order valence-electron chi connectivity index (χ1n) is 6.68. The van der Waals surface area contributed by atoms with Crippen LogP contribution in [0.4, 0.5) is 0 Å². The minimum Gasteiger partial charge on any atom is -0.0808 e. The average Bonchev–Trinajstić information content (AvgIpc) is 2.89. The summed E-state index contributed by atoms with van der Waals surface area (Å²) in [6.07, 6.45) is 6.35. The van der Waals surface area contributed by atoms with Crippen LogP contribution >= 0.6 is 0 Å². The van der Waals surface area contributed by atoms with E-state index >= 15 is 0 Å². The van der Waals surface area contributed by atoms with E-state index in [1.807, 2.05) is 8.78 Å². The van der Waals surface area contributed by atoms with Crippen LogP contribution in [0.5, 0.6) is 0 Å². The molecule has 0 saturated heterocycles. The minimum absolute atomic E-state index is 0.0640. The first-order valence-corrected chi connectivity index (χ1v) is 12.3. The van der Waals surface area contributed by atoms with Gasteiger partial charge in [0.2, 0.25) is 0 Å². The van der Waals surface area contributed by atoms with Gasteiger partial charge in [-0.15, -0.1) is 0 Å². The van der Waals surface area contributed by atoms with Gasteiger partial charge in [-0.25, -0.2) is 0 Å². The lowest BCUT2D eigenvalue weighted by atomic mass is 10.2. The van der Waals surface area contributed by atoms with Crippen molar-refractivity contribution < 1.29 is 21.2 Å². The van der Waals surface area contributed by atoms with Crippen molar-refractivity contribution >= 4 is 8.07 Å². The molecule has 18 heavy (non-hydrogen) atoms. The molecule has 0 unspecified atom stereocenters. The van der Waals surface area contributed by atoms with Crippen LogP contribution in [0.1, 0.15) is 6.42 Å². The molecule has 2 bridgehead atoms. The Kier molecular flexibility index (Phi) is 3.26. The van der Waals surface area contributed by atoms with Gasteiger partial charge in [0.1, 0.15) is 0 Å². The summed E-state index contributed by atoms with van der Waals surface area (Å²) in [6.45, 7) is 7.56. The molecule has 1 aromatic rings. The van der Waals surface area contributed by atoms with Crippen LogP contribution in [-0.2, 0) is 0 Å². The van der Waals surface area contributed by atoms with Crippen LogP contribution in [0.2, 0.25) is 19.6 Å². The van der Waals surface area contributed by atoms with Crippen molar-refractivity contribution in [3.05, 3.63) is 54.8 Å². The van der Waals surface area contributed by atoms with Crippen LogP contribution in [0.25, 0.3) is 0 Å². The normalized spacial score (nSPS) is 26.2. The average molecular weight is 367 g/mol. The van der Waals surface area contributed by atoms with Crippen molar-refractivity contribution in [3.8, 4) is 0 Å². The van der Waals surface area contributed by atoms with Crippen LogP contribution < -0.4 is 21.2 Å². The summed E-state index contributed by atoms with van der Waals surface area (Å²) in [5.74, 6) is 1.60. The van der Waals surface area contributed by atoms with E-state index in [4.69, 9.17) is 0 Å². The smallest absolute Gasteiger partial charge is 0.0808 e. The fourth-order valence-electron chi connectivity index (χ4n) is 3.11.